The molecule has 0 saturated carbocycles. The van der Waals surface area contributed by atoms with Crippen LogP contribution in [0.5, 0.6) is 0 Å². The van der Waals surface area contributed by atoms with Crippen LogP contribution < -0.4 is 10.6 Å². The first kappa shape index (κ1) is 21.4. The van der Waals surface area contributed by atoms with E-state index >= 15 is 0 Å². The van der Waals surface area contributed by atoms with Gasteiger partial charge >= 0.3 is 0 Å². The Morgan fingerprint density at radius 2 is 2.00 bits per heavy atom. The maximum absolute atomic E-state index is 13.6. The lowest BCUT2D eigenvalue weighted by molar-refractivity contribution is 0.0437. The van der Waals surface area contributed by atoms with Gasteiger partial charge in [-0.1, -0.05) is 18.2 Å². The van der Waals surface area contributed by atoms with Crippen LogP contribution in [0.15, 0.2) is 52.1 Å². The minimum atomic E-state index is -1.18. The minimum absolute atomic E-state index is 0. The van der Waals surface area contributed by atoms with Gasteiger partial charge in [0.25, 0.3) is 0 Å². The number of benzene rings is 1. The van der Waals surface area contributed by atoms with Crippen LogP contribution in [0.2, 0.25) is 0 Å². The highest BCUT2D eigenvalue weighted by Gasteiger charge is 2.26. The van der Waals surface area contributed by atoms with Gasteiger partial charge in [-0.25, -0.2) is 9.38 Å². The molecule has 1 heterocycles. The maximum atomic E-state index is 13.6. The van der Waals surface area contributed by atoms with Gasteiger partial charge in [-0.2, -0.15) is 0 Å². The van der Waals surface area contributed by atoms with Crippen molar-refractivity contribution in [3.05, 3.63) is 59.8 Å². The Labute approximate surface area is 164 Å². The first-order chi connectivity index (χ1) is 11.5. The quantitative estimate of drug-likeness (QED) is 0.337. The van der Waals surface area contributed by atoms with Crippen LogP contribution in [0.3, 0.4) is 0 Å². The average molecular weight is 461 g/mol. The predicted molar refractivity (Wildman–Crippen MR) is 108 cm³/mol. The molecule has 1 aromatic heterocycles. The largest absolute Gasteiger partial charge is 0.466 e. The molecule has 138 valence electrons. The van der Waals surface area contributed by atoms with Crippen LogP contribution in [0, 0.1) is 5.82 Å². The number of rotatable bonds is 7. The van der Waals surface area contributed by atoms with Gasteiger partial charge < -0.3 is 20.2 Å². The fourth-order valence-electron chi connectivity index (χ4n) is 2.25. The Morgan fingerprint density at radius 1 is 1.24 bits per heavy atom. The van der Waals surface area contributed by atoms with Crippen LogP contribution in [0.4, 0.5) is 4.39 Å². The van der Waals surface area contributed by atoms with Gasteiger partial charge in [0, 0.05) is 13.1 Å². The third-order valence-electron chi connectivity index (χ3n) is 3.59. The molecule has 0 radical (unpaired) electrons. The average Bonchev–Trinajstić information content (AvgIpc) is 3.10. The van der Waals surface area contributed by atoms with Crippen molar-refractivity contribution in [2.45, 2.75) is 25.9 Å². The van der Waals surface area contributed by atoms with Gasteiger partial charge in [0.05, 0.1) is 12.8 Å². The number of hydrogen-bond acceptors (Lipinski definition) is 3. The molecule has 0 aliphatic heterocycles. The summed E-state index contributed by atoms with van der Waals surface area (Å²) in [5.41, 5.74) is -0.527. The van der Waals surface area contributed by atoms with E-state index < -0.39 is 5.60 Å². The van der Waals surface area contributed by atoms with Gasteiger partial charge in [-0.05, 0) is 44.0 Å². The van der Waals surface area contributed by atoms with E-state index in [1.54, 1.807) is 31.2 Å². The van der Waals surface area contributed by atoms with Gasteiger partial charge in [0.1, 0.15) is 17.2 Å². The topological polar surface area (TPSA) is 69.8 Å². The molecule has 0 bridgehead atoms. The standard InChI is InChI=1S/C18H24FN3O2.HI/c1-3-20-17(21-11-10-14-7-4-5-8-15(14)19)22-13-18(2,23)16-9-6-12-24-16;/h4-9,12,23H,3,10-11,13H2,1-2H3,(H2,20,21,22);1H. The van der Waals surface area contributed by atoms with Crippen molar-refractivity contribution in [1.29, 1.82) is 0 Å². The summed E-state index contributed by atoms with van der Waals surface area (Å²) < 4.78 is 18.8. The first-order valence-corrected chi connectivity index (χ1v) is 8.05. The zero-order valence-corrected chi connectivity index (χ0v) is 16.8. The molecule has 0 amide bonds. The Morgan fingerprint density at radius 3 is 2.64 bits per heavy atom. The lowest BCUT2D eigenvalue weighted by atomic mass is 10.0. The number of furan rings is 1. The van der Waals surface area contributed by atoms with E-state index in [1.165, 1.54) is 12.3 Å². The second-order valence-corrected chi connectivity index (χ2v) is 5.71. The van der Waals surface area contributed by atoms with Crippen LogP contribution in [-0.4, -0.2) is 30.7 Å². The number of guanidine groups is 1. The highest BCUT2D eigenvalue weighted by molar-refractivity contribution is 14.0. The van der Waals surface area contributed by atoms with Crippen molar-refractivity contribution >= 4 is 29.9 Å². The molecule has 3 N–H and O–H groups in total. The number of nitrogens with zero attached hydrogens (tertiary/aromatic N) is 1. The molecule has 7 heteroatoms. The maximum Gasteiger partial charge on any atom is 0.191 e. The Kier molecular flexibility index (Phi) is 8.91. The third-order valence-corrected chi connectivity index (χ3v) is 3.59. The molecule has 1 atom stereocenters. The molecule has 2 rings (SSSR count). The minimum Gasteiger partial charge on any atom is -0.466 e. The summed E-state index contributed by atoms with van der Waals surface area (Å²) >= 11 is 0. The summed E-state index contributed by atoms with van der Waals surface area (Å²) in [5, 5.41) is 16.7. The van der Waals surface area contributed by atoms with Crippen molar-refractivity contribution in [3.8, 4) is 0 Å². The van der Waals surface area contributed by atoms with Gasteiger partial charge in [0.15, 0.2) is 5.96 Å². The molecule has 1 aromatic carbocycles. The summed E-state index contributed by atoms with van der Waals surface area (Å²) in [7, 11) is 0. The molecular formula is C18H25FIN3O2. The number of aliphatic hydroxyl groups is 1. The molecule has 0 saturated heterocycles. The van der Waals surface area contributed by atoms with Crippen molar-refractivity contribution in [2.75, 3.05) is 19.6 Å². The molecule has 25 heavy (non-hydrogen) atoms. The van der Waals surface area contributed by atoms with E-state index in [0.717, 1.165) is 0 Å². The van der Waals surface area contributed by atoms with Crippen molar-refractivity contribution in [1.82, 2.24) is 10.6 Å². The summed E-state index contributed by atoms with van der Waals surface area (Å²) in [6.45, 7) is 4.98. The Hall–Kier alpha value is -1.61. The normalized spacial score (nSPS) is 13.7. The van der Waals surface area contributed by atoms with Gasteiger partial charge in [0.2, 0.25) is 0 Å². The molecule has 1 unspecified atom stereocenters. The lowest BCUT2D eigenvalue weighted by Crippen LogP contribution is -2.39. The molecule has 0 fully saturated rings. The van der Waals surface area contributed by atoms with Crippen LogP contribution in [-0.2, 0) is 12.0 Å². The SMILES string of the molecule is CCNC(=NCC(C)(O)c1ccco1)NCCc1ccccc1F.I. The second kappa shape index (κ2) is 10.4. The lowest BCUT2D eigenvalue weighted by Gasteiger charge is -2.19. The number of hydrogen-bond donors (Lipinski definition) is 3. The molecular weight excluding hydrogens is 436 g/mol. The second-order valence-electron chi connectivity index (χ2n) is 5.71. The summed E-state index contributed by atoms with van der Waals surface area (Å²) in [4.78, 5) is 4.39. The number of nitrogens with one attached hydrogen (secondary N) is 2. The number of aliphatic imine (C=N–C) groups is 1. The first-order valence-electron chi connectivity index (χ1n) is 8.05. The van der Waals surface area contributed by atoms with E-state index in [-0.39, 0.29) is 36.3 Å². The van der Waals surface area contributed by atoms with E-state index in [4.69, 9.17) is 4.42 Å². The molecule has 0 aliphatic rings. The third kappa shape index (κ3) is 6.66. The van der Waals surface area contributed by atoms with E-state index in [2.05, 4.69) is 15.6 Å². The Balaban J connectivity index is 0.00000312. The van der Waals surface area contributed by atoms with Crippen molar-refractivity contribution < 1.29 is 13.9 Å². The monoisotopic (exact) mass is 461 g/mol. The van der Waals surface area contributed by atoms with E-state index in [0.29, 0.717) is 36.8 Å². The molecule has 2 aromatic rings. The molecule has 0 aliphatic carbocycles. The van der Waals surface area contributed by atoms with Crippen molar-refractivity contribution in [3.63, 3.8) is 0 Å². The predicted octanol–water partition coefficient (Wildman–Crippen LogP) is 3.04. The van der Waals surface area contributed by atoms with E-state index in [9.17, 15) is 9.50 Å². The zero-order valence-electron chi connectivity index (χ0n) is 14.5. The van der Waals surface area contributed by atoms with Crippen LogP contribution in [0.25, 0.3) is 0 Å². The Bertz CT molecular complexity index is 660. The summed E-state index contributed by atoms with van der Waals surface area (Å²) in [6.07, 6.45) is 2.07. The van der Waals surface area contributed by atoms with Gasteiger partial charge in [-0.15, -0.1) is 24.0 Å². The van der Waals surface area contributed by atoms with Crippen LogP contribution >= 0.6 is 24.0 Å². The number of halogens is 2. The molecule has 0 spiro atoms. The highest BCUT2D eigenvalue weighted by atomic mass is 127. The highest BCUT2D eigenvalue weighted by Crippen LogP contribution is 2.20. The summed E-state index contributed by atoms with van der Waals surface area (Å²) in [6, 6.07) is 10.2. The fourth-order valence-corrected chi connectivity index (χ4v) is 2.25. The fraction of sp³-hybridized carbons (Fsp3) is 0.389. The zero-order chi connectivity index (χ0) is 17.4. The van der Waals surface area contributed by atoms with E-state index in [1.807, 2.05) is 13.0 Å². The summed E-state index contributed by atoms with van der Waals surface area (Å²) in [5.74, 6) is 0.830. The van der Waals surface area contributed by atoms with Crippen LogP contribution in [0.1, 0.15) is 25.2 Å². The smallest absolute Gasteiger partial charge is 0.191 e. The van der Waals surface area contributed by atoms with Gasteiger partial charge in [-0.3, -0.25) is 0 Å². The van der Waals surface area contributed by atoms with Crippen molar-refractivity contribution in [2.24, 2.45) is 4.99 Å². The molecule has 5 nitrogen and oxygen atoms in total.